The Hall–Kier alpha value is -2.34. The van der Waals surface area contributed by atoms with Gasteiger partial charge in [0.05, 0.1) is 5.56 Å². The molecule has 2 aromatic carbocycles. The van der Waals surface area contributed by atoms with Crippen molar-refractivity contribution in [2.24, 2.45) is 0 Å². The van der Waals surface area contributed by atoms with Crippen molar-refractivity contribution in [1.82, 2.24) is 9.80 Å². The Balaban J connectivity index is 2.22. The van der Waals surface area contributed by atoms with Crippen LogP contribution in [0.4, 0.5) is 13.2 Å². The van der Waals surface area contributed by atoms with Crippen LogP contribution in [0.1, 0.15) is 22.7 Å². The van der Waals surface area contributed by atoms with Crippen molar-refractivity contribution >= 4 is 5.91 Å². The zero-order valence-corrected chi connectivity index (χ0v) is 14.4. The normalized spacial score (nSPS) is 12.9. The van der Waals surface area contributed by atoms with E-state index in [0.29, 0.717) is 12.1 Å². The lowest BCUT2D eigenvalue weighted by Gasteiger charge is -2.29. The number of hydrogen-bond acceptors (Lipinski definition) is 2. The molecule has 1 unspecified atom stereocenters. The van der Waals surface area contributed by atoms with Crippen molar-refractivity contribution < 1.29 is 18.0 Å². The predicted octanol–water partition coefficient (Wildman–Crippen LogP) is 3.97. The minimum atomic E-state index is -4.35. The Morgan fingerprint density at radius 2 is 1.52 bits per heavy atom. The molecule has 2 aromatic rings. The number of rotatable bonds is 5. The molecule has 0 spiro atoms. The monoisotopic (exact) mass is 350 g/mol. The number of amides is 1. The van der Waals surface area contributed by atoms with Crippen LogP contribution in [-0.2, 0) is 17.5 Å². The molecule has 0 aliphatic carbocycles. The lowest BCUT2D eigenvalue weighted by molar-refractivity contribution is -0.137. The van der Waals surface area contributed by atoms with Crippen LogP contribution in [0.2, 0.25) is 0 Å². The largest absolute Gasteiger partial charge is 0.416 e. The molecule has 0 saturated carbocycles. The quantitative estimate of drug-likeness (QED) is 0.815. The predicted molar refractivity (Wildman–Crippen MR) is 90.8 cm³/mol. The molecule has 0 saturated heterocycles. The fraction of sp³-hybridized carbons (Fsp3) is 0.316. The second kappa shape index (κ2) is 7.70. The molecule has 1 amide bonds. The summed E-state index contributed by atoms with van der Waals surface area (Å²) in [5.41, 5.74) is 0.876. The molecular weight excluding hydrogens is 329 g/mol. The summed E-state index contributed by atoms with van der Waals surface area (Å²) in [7, 11) is 5.16. The van der Waals surface area contributed by atoms with E-state index in [1.54, 1.807) is 21.1 Å². The summed E-state index contributed by atoms with van der Waals surface area (Å²) in [6.45, 7) is 0.358. The van der Waals surface area contributed by atoms with Gasteiger partial charge in [-0.3, -0.25) is 9.69 Å². The molecule has 134 valence electrons. The zero-order chi connectivity index (χ0) is 18.6. The van der Waals surface area contributed by atoms with Crippen molar-refractivity contribution in [1.29, 1.82) is 0 Å². The van der Waals surface area contributed by atoms with Crippen LogP contribution < -0.4 is 0 Å². The lowest BCUT2D eigenvalue weighted by atomic mass is 10.0. The molecule has 0 aromatic heterocycles. The minimum Gasteiger partial charge on any atom is -0.347 e. The Bertz CT molecular complexity index is 697. The number of nitrogens with zero attached hydrogens (tertiary/aromatic N) is 2. The third-order valence-electron chi connectivity index (χ3n) is 3.94. The fourth-order valence-electron chi connectivity index (χ4n) is 2.64. The van der Waals surface area contributed by atoms with Crippen LogP contribution >= 0.6 is 0 Å². The van der Waals surface area contributed by atoms with E-state index in [2.05, 4.69) is 0 Å². The Kier molecular flexibility index (Phi) is 5.85. The van der Waals surface area contributed by atoms with E-state index in [1.165, 1.54) is 17.0 Å². The summed E-state index contributed by atoms with van der Waals surface area (Å²) >= 11 is 0. The van der Waals surface area contributed by atoms with E-state index in [-0.39, 0.29) is 5.91 Å². The first kappa shape index (κ1) is 19.0. The van der Waals surface area contributed by atoms with Gasteiger partial charge < -0.3 is 4.90 Å². The second-order valence-corrected chi connectivity index (χ2v) is 6.16. The first-order valence-corrected chi connectivity index (χ1v) is 7.82. The van der Waals surface area contributed by atoms with Gasteiger partial charge in [0.1, 0.15) is 6.04 Å². The maximum Gasteiger partial charge on any atom is 0.416 e. The van der Waals surface area contributed by atoms with Crippen molar-refractivity contribution in [2.45, 2.75) is 18.8 Å². The number of halogens is 3. The third kappa shape index (κ3) is 4.82. The fourth-order valence-corrected chi connectivity index (χ4v) is 2.64. The van der Waals surface area contributed by atoms with Gasteiger partial charge >= 0.3 is 6.18 Å². The van der Waals surface area contributed by atoms with Gasteiger partial charge in [0.25, 0.3) is 0 Å². The number of hydrogen-bond donors (Lipinski definition) is 0. The number of alkyl halides is 3. The van der Waals surface area contributed by atoms with Crippen molar-refractivity contribution in [2.75, 3.05) is 21.1 Å². The number of benzene rings is 2. The molecule has 0 N–H and O–H groups in total. The average Bonchev–Trinajstić information content (AvgIpc) is 2.55. The Morgan fingerprint density at radius 1 is 0.960 bits per heavy atom. The van der Waals surface area contributed by atoms with E-state index in [0.717, 1.165) is 17.7 Å². The first-order chi connectivity index (χ1) is 11.7. The molecule has 25 heavy (non-hydrogen) atoms. The molecule has 0 bridgehead atoms. The number of likely N-dealkylation sites (N-methyl/N-ethyl adjacent to an activating group) is 2. The third-order valence-corrected chi connectivity index (χ3v) is 3.94. The van der Waals surface area contributed by atoms with Crippen molar-refractivity contribution in [3.05, 3.63) is 71.3 Å². The van der Waals surface area contributed by atoms with E-state index in [4.69, 9.17) is 0 Å². The SMILES string of the molecule is CN(C)C(=O)C(c1ccccc1)N(C)Cc1ccc(C(F)(F)F)cc1. The minimum absolute atomic E-state index is 0.0828. The molecule has 2 rings (SSSR count). The van der Waals surface area contributed by atoms with Gasteiger partial charge in [-0.2, -0.15) is 13.2 Å². The number of carbonyl (C=O) groups is 1. The average molecular weight is 350 g/mol. The van der Waals surface area contributed by atoms with Crippen LogP contribution in [0.3, 0.4) is 0 Å². The van der Waals surface area contributed by atoms with Gasteiger partial charge in [0.15, 0.2) is 0 Å². The standard InChI is InChI=1S/C19H21F3N2O/c1-23(2)18(25)17(15-7-5-4-6-8-15)24(3)13-14-9-11-16(12-10-14)19(20,21)22/h4-12,17H,13H2,1-3H3. The molecule has 0 fully saturated rings. The summed E-state index contributed by atoms with van der Waals surface area (Å²) < 4.78 is 38.0. The zero-order valence-electron chi connectivity index (χ0n) is 14.4. The second-order valence-electron chi connectivity index (χ2n) is 6.16. The van der Waals surface area contributed by atoms with Gasteiger partial charge in [-0.15, -0.1) is 0 Å². The highest BCUT2D eigenvalue weighted by atomic mass is 19.4. The highest BCUT2D eigenvalue weighted by Crippen LogP contribution is 2.30. The summed E-state index contributed by atoms with van der Waals surface area (Å²) in [4.78, 5) is 15.9. The summed E-state index contributed by atoms with van der Waals surface area (Å²) in [6, 6.07) is 13.8. The highest BCUT2D eigenvalue weighted by Gasteiger charge is 2.30. The molecule has 3 nitrogen and oxygen atoms in total. The van der Waals surface area contributed by atoms with Gasteiger partial charge in [-0.05, 0) is 30.3 Å². The van der Waals surface area contributed by atoms with Crippen LogP contribution in [0.25, 0.3) is 0 Å². The maximum atomic E-state index is 12.7. The van der Waals surface area contributed by atoms with E-state index >= 15 is 0 Å². The lowest BCUT2D eigenvalue weighted by Crippen LogP contribution is -2.37. The van der Waals surface area contributed by atoms with Crippen LogP contribution in [-0.4, -0.2) is 36.9 Å². The molecule has 0 radical (unpaired) electrons. The maximum absolute atomic E-state index is 12.7. The molecule has 0 aliphatic rings. The van der Waals surface area contributed by atoms with Gasteiger partial charge in [-0.1, -0.05) is 42.5 Å². The highest BCUT2D eigenvalue weighted by molar-refractivity contribution is 5.82. The van der Waals surface area contributed by atoms with Gasteiger partial charge in [0.2, 0.25) is 5.91 Å². The van der Waals surface area contributed by atoms with Gasteiger partial charge in [0, 0.05) is 20.6 Å². The Labute approximate surface area is 145 Å². The summed E-state index contributed by atoms with van der Waals surface area (Å²) in [5.74, 6) is -0.0828. The Morgan fingerprint density at radius 3 is 2.00 bits per heavy atom. The first-order valence-electron chi connectivity index (χ1n) is 7.82. The molecule has 1 atom stereocenters. The van der Waals surface area contributed by atoms with Crippen molar-refractivity contribution in [3.63, 3.8) is 0 Å². The van der Waals surface area contributed by atoms with Crippen LogP contribution in [0.15, 0.2) is 54.6 Å². The molecular formula is C19H21F3N2O. The molecule has 0 aliphatic heterocycles. The smallest absolute Gasteiger partial charge is 0.347 e. The molecule has 6 heteroatoms. The molecule has 0 heterocycles. The van der Waals surface area contributed by atoms with Crippen molar-refractivity contribution in [3.8, 4) is 0 Å². The topological polar surface area (TPSA) is 23.6 Å². The van der Waals surface area contributed by atoms with E-state index in [1.807, 2.05) is 35.2 Å². The summed E-state index contributed by atoms with van der Waals surface area (Å²) in [5, 5.41) is 0. The van der Waals surface area contributed by atoms with Crippen LogP contribution in [0.5, 0.6) is 0 Å². The number of carbonyl (C=O) groups excluding carboxylic acids is 1. The van der Waals surface area contributed by atoms with Gasteiger partial charge in [-0.25, -0.2) is 0 Å². The van der Waals surface area contributed by atoms with E-state index in [9.17, 15) is 18.0 Å². The summed E-state index contributed by atoms with van der Waals surface area (Å²) in [6.07, 6.45) is -4.35. The van der Waals surface area contributed by atoms with Crippen LogP contribution in [0, 0.1) is 0 Å². The van der Waals surface area contributed by atoms with E-state index < -0.39 is 17.8 Å².